The minimum absolute atomic E-state index is 0.504. The van der Waals surface area contributed by atoms with Crippen molar-refractivity contribution < 1.29 is 0 Å². The van der Waals surface area contributed by atoms with Crippen LogP contribution in [0.2, 0.25) is 0 Å². The van der Waals surface area contributed by atoms with Gasteiger partial charge in [-0.15, -0.1) is 0 Å². The van der Waals surface area contributed by atoms with E-state index in [2.05, 4.69) is 39.1 Å². The van der Waals surface area contributed by atoms with E-state index < -0.39 is 0 Å². The van der Waals surface area contributed by atoms with Gasteiger partial charge in [0.1, 0.15) is 0 Å². The highest BCUT2D eigenvalue weighted by Gasteiger charge is 2.34. The molecule has 0 amide bonds. The summed E-state index contributed by atoms with van der Waals surface area (Å²) in [7, 11) is 0. The highest BCUT2D eigenvalue weighted by molar-refractivity contribution is 5.17. The molecule has 0 aromatic rings. The molecular weight excluding hydrogens is 242 g/mol. The normalized spacial score (nSPS) is 29.3. The molecule has 0 spiro atoms. The molecule has 1 atom stereocenters. The largest absolute Gasteiger partial charge is 0.310 e. The van der Waals surface area contributed by atoms with E-state index in [4.69, 9.17) is 0 Å². The van der Waals surface area contributed by atoms with Crippen molar-refractivity contribution in [1.29, 1.82) is 0 Å². The highest BCUT2D eigenvalue weighted by Crippen LogP contribution is 2.42. The molecule has 1 unspecified atom stereocenters. The molecule has 1 nitrogen and oxygen atoms in total. The molecule has 0 aromatic heterocycles. The first kappa shape index (κ1) is 16.1. The van der Waals surface area contributed by atoms with Gasteiger partial charge in [0.2, 0.25) is 0 Å². The number of nitrogens with one attached hydrogen (secondary N) is 1. The Morgan fingerprint density at radius 2 is 1.90 bits per heavy atom. The zero-order valence-corrected chi connectivity index (χ0v) is 14.2. The van der Waals surface area contributed by atoms with Crippen LogP contribution in [0.5, 0.6) is 0 Å². The average molecular weight is 277 g/mol. The van der Waals surface area contributed by atoms with E-state index in [1.165, 1.54) is 57.9 Å². The summed E-state index contributed by atoms with van der Waals surface area (Å²) in [6.07, 6.45) is 13.6. The zero-order valence-electron chi connectivity index (χ0n) is 14.2. The molecule has 1 heteroatoms. The predicted octanol–water partition coefficient (Wildman–Crippen LogP) is 5.32. The van der Waals surface area contributed by atoms with Crippen molar-refractivity contribution in [3.8, 4) is 0 Å². The molecule has 2 rings (SSSR count). The third-order valence-corrected chi connectivity index (χ3v) is 5.56. The second kappa shape index (κ2) is 7.11. The van der Waals surface area contributed by atoms with Gasteiger partial charge >= 0.3 is 0 Å². The molecular formula is C19H35N. The van der Waals surface area contributed by atoms with Crippen molar-refractivity contribution in [3.05, 3.63) is 11.6 Å². The minimum Gasteiger partial charge on any atom is -0.310 e. The minimum atomic E-state index is 0.504. The Balaban J connectivity index is 1.93. The lowest BCUT2D eigenvalue weighted by Gasteiger charge is -2.40. The molecule has 1 saturated carbocycles. The maximum Gasteiger partial charge on any atom is 0.0307 e. The summed E-state index contributed by atoms with van der Waals surface area (Å²) < 4.78 is 0. The van der Waals surface area contributed by atoms with Crippen LogP contribution in [0.4, 0.5) is 0 Å². The summed E-state index contributed by atoms with van der Waals surface area (Å²) in [6, 6.07) is 0.693. The summed E-state index contributed by atoms with van der Waals surface area (Å²) in [5.41, 5.74) is 2.24. The third-order valence-electron chi connectivity index (χ3n) is 5.56. The van der Waals surface area contributed by atoms with Crippen LogP contribution in [-0.2, 0) is 0 Å². The van der Waals surface area contributed by atoms with Gasteiger partial charge in [0.25, 0.3) is 0 Å². The topological polar surface area (TPSA) is 12.0 Å². The molecule has 116 valence electrons. The van der Waals surface area contributed by atoms with Crippen LogP contribution < -0.4 is 5.32 Å². The number of rotatable bonds is 5. The summed E-state index contributed by atoms with van der Waals surface area (Å²) in [4.78, 5) is 0. The van der Waals surface area contributed by atoms with Gasteiger partial charge in [-0.05, 0) is 75.2 Å². The number of hydrogen-bond donors (Lipinski definition) is 1. The fourth-order valence-electron chi connectivity index (χ4n) is 4.20. The SMILES string of the molecule is CCCNC(C1=CCCC1)C1CCC(C(C)(C)C)CC1. The smallest absolute Gasteiger partial charge is 0.0307 e. The van der Waals surface area contributed by atoms with Gasteiger partial charge in [-0.25, -0.2) is 0 Å². The Bertz CT molecular complexity index is 315. The Hall–Kier alpha value is -0.300. The van der Waals surface area contributed by atoms with Crippen molar-refractivity contribution in [1.82, 2.24) is 5.32 Å². The van der Waals surface area contributed by atoms with Gasteiger partial charge in [0, 0.05) is 6.04 Å². The van der Waals surface area contributed by atoms with Crippen LogP contribution in [0.15, 0.2) is 11.6 Å². The molecule has 0 saturated heterocycles. The summed E-state index contributed by atoms with van der Waals surface area (Å²) in [5, 5.41) is 3.87. The average Bonchev–Trinajstić information content (AvgIpc) is 2.93. The van der Waals surface area contributed by atoms with E-state index in [0.29, 0.717) is 11.5 Å². The molecule has 0 heterocycles. The summed E-state index contributed by atoms with van der Waals surface area (Å²) >= 11 is 0. The summed E-state index contributed by atoms with van der Waals surface area (Å²) in [5.74, 6) is 1.83. The van der Waals surface area contributed by atoms with Crippen LogP contribution in [0.3, 0.4) is 0 Å². The van der Waals surface area contributed by atoms with Crippen molar-refractivity contribution in [2.45, 2.75) is 85.1 Å². The fraction of sp³-hybridized carbons (Fsp3) is 0.895. The van der Waals surface area contributed by atoms with Crippen LogP contribution in [0.25, 0.3) is 0 Å². The van der Waals surface area contributed by atoms with E-state index in [1.54, 1.807) is 5.57 Å². The highest BCUT2D eigenvalue weighted by atomic mass is 14.9. The Morgan fingerprint density at radius 1 is 1.20 bits per heavy atom. The monoisotopic (exact) mass is 277 g/mol. The van der Waals surface area contributed by atoms with Gasteiger partial charge < -0.3 is 5.32 Å². The molecule has 0 radical (unpaired) electrons. The van der Waals surface area contributed by atoms with Gasteiger partial charge in [-0.3, -0.25) is 0 Å². The van der Waals surface area contributed by atoms with Crippen LogP contribution in [0, 0.1) is 17.3 Å². The predicted molar refractivity (Wildman–Crippen MR) is 88.9 cm³/mol. The molecule has 1 N–H and O–H groups in total. The second-order valence-corrected chi connectivity index (χ2v) is 8.08. The lowest BCUT2D eigenvalue weighted by molar-refractivity contribution is 0.138. The maximum atomic E-state index is 3.87. The van der Waals surface area contributed by atoms with Crippen molar-refractivity contribution >= 4 is 0 Å². The zero-order chi connectivity index (χ0) is 14.6. The lowest BCUT2D eigenvalue weighted by atomic mass is 9.68. The molecule has 2 aliphatic carbocycles. The standard InChI is InChI=1S/C19H35N/c1-5-14-20-18(15-8-6-7-9-15)16-10-12-17(13-11-16)19(2,3)4/h8,16-18,20H,5-7,9-14H2,1-4H3. The van der Waals surface area contributed by atoms with E-state index in [1.807, 2.05) is 0 Å². The van der Waals surface area contributed by atoms with Gasteiger partial charge in [-0.1, -0.05) is 39.3 Å². The van der Waals surface area contributed by atoms with E-state index in [9.17, 15) is 0 Å². The Kier molecular flexibility index (Phi) is 5.72. The van der Waals surface area contributed by atoms with Crippen LogP contribution in [-0.4, -0.2) is 12.6 Å². The van der Waals surface area contributed by atoms with E-state index in [0.717, 1.165) is 11.8 Å². The Labute approximate surface area is 126 Å². The van der Waals surface area contributed by atoms with Crippen molar-refractivity contribution in [2.75, 3.05) is 6.54 Å². The molecule has 20 heavy (non-hydrogen) atoms. The quantitative estimate of drug-likeness (QED) is 0.671. The maximum absolute atomic E-state index is 3.87. The first-order valence-electron chi connectivity index (χ1n) is 8.94. The lowest BCUT2D eigenvalue weighted by Crippen LogP contribution is -2.40. The molecule has 1 fully saturated rings. The first-order chi connectivity index (χ1) is 9.52. The number of allylic oxidation sites excluding steroid dienone is 1. The molecule has 0 aromatic carbocycles. The molecule has 0 bridgehead atoms. The number of hydrogen-bond acceptors (Lipinski definition) is 1. The van der Waals surface area contributed by atoms with Crippen LogP contribution >= 0.6 is 0 Å². The van der Waals surface area contributed by atoms with Gasteiger partial charge in [0.05, 0.1) is 0 Å². The van der Waals surface area contributed by atoms with Gasteiger partial charge in [-0.2, -0.15) is 0 Å². The first-order valence-corrected chi connectivity index (χ1v) is 8.94. The van der Waals surface area contributed by atoms with E-state index >= 15 is 0 Å². The van der Waals surface area contributed by atoms with Crippen LogP contribution in [0.1, 0.15) is 79.1 Å². The van der Waals surface area contributed by atoms with Crippen molar-refractivity contribution in [3.63, 3.8) is 0 Å². The Morgan fingerprint density at radius 3 is 2.40 bits per heavy atom. The van der Waals surface area contributed by atoms with Gasteiger partial charge in [0.15, 0.2) is 0 Å². The third kappa shape index (κ3) is 4.10. The summed E-state index contributed by atoms with van der Waals surface area (Å²) in [6.45, 7) is 10.7. The second-order valence-electron chi connectivity index (χ2n) is 8.08. The van der Waals surface area contributed by atoms with Crippen molar-refractivity contribution in [2.24, 2.45) is 17.3 Å². The molecule has 2 aliphatic rings. The van der Waals surface area contributed by atoms with E-state index in [-0.39, 0.29) is 0 Å². The molecule has 0 aliphatic heterocycles. The fourth-order valence-corrected chi connectivity index (χ4v) is 4.20.